The number of aryl methyl sites for hydroxylation is 1. The second-order valence-corrected chi connectivity index (χ2v) is 2.12. The fraction of sp³-hybridized carbons (Fsp3) is 0.429. The van der Waals surface area contributed by atoms with Crippen LogP contribution in [0.2, 0.25) is 0 Å². The Hall–Kier alpha value is -1.32. The molecule has 0 amide bonds. The van der Waals surface area contributed by atoms with Gasteiger partial charge < -0.3 is 9.30 Å². The summed E-state index contributed by atoms with van der Waals surface area (Å²) in [7, 11) is 1.83. The Bertz CT molecular complexity index is 254. The minimum absolute atomic E-state index is 0.125. The predicted octanol–water partition coefficient (Wildman–Crippen LogP) is 0.782. The maximum atomic E-state index is 7.38. The zero-order valence-electron chi connectivity index (χ0n) is 6.66. The molecule has 0 unspecified atom stereocenters. The third-order valence-corrected chi connectivity index (χ3v) is 1.31. The molecule has 0 aromatic carbocycles. The molecule has 0 aliphatic rings. The van der Waals surface area contributed by atoms with E-state index in [2.05, 4.69) is 4.98 Å². The van der Waals surface area contributed by atoms with Gasteiger partial charge in [0.2, 0.25) is 5.90 Å². The molecule has 11 heavy (non-hydrogen) atoms. The molecule has 1 rings (SSSR count). The van der Waals surface area contributed by atoms with Crippen LogP contribution in [0.15, 0.2) is 12.4 Å². The number of hydrogen-bond acceptors (Lipinski definition) is 3. The number of nitrogens with zero attached hydrogens (tertiary/aromatic N) is 2. The van der Waals surface area contributed by atoms with Gasteiger partial charge in [-0.3, -0.25) is 5.41 Å². The van der Waals surface area contributed by atoms with Gasteiger partial charge in [-0.15, -0.1) is 0 Å². The summed E-state index contributed by atoms with van der Waals surface area (Å²) in [5.41, 5.74) is 0. The lowest BCUT2D eigenvalue weighted by atomic mass is 10.6. The van der Waals surface area contributed by atoms with E-state index in [0.29, 0.717) is 12.4 Å². The van der Waals surface area contributed by atoms with Crippen LogP contribution in [0.25, 0.3) is 0 Å². The van der Waals surface area contributed by atoms with Crippen molar-refractivity contribution in [1.29, 1.82) is 5.41 Å². The molecule has 0 radical (unpaired) electrons. The zero-order chi connectivity index (χ0) is 8.27. The van der Waals surface area contributed by atoms with E-state index in [4.69, 9.17) is 10.1 Å². The van der Waals surface area contributed by atoms with Gasteiger partial charge in [-0.2, -0.15) is 0 Å². The van der Waals surface area contributed by atoms with Crippen molar-refractivity contribution in [3.8, 4) is 0 Å². The highest BCUT2D eigenvalue weighted by atomic mass is 16.5. The number of nitrogens with one attached hydrogen (secondary N) is 1. The second kappa shape index (κ2) is 3.18. The minimum Gasteiger partial charge on any atom is -0.476 e. The van der Waals surface area contributed by atoms with Crippen LogP contribution in [0.5, 0.6) is 0 Å². The van der Waals surface area contributed by atoms with Crippen molar-refractivity contribution in [2.75, 3.05) is 6.61 Å². The molecule has 0 aliphatic heterocycles. The Balaban J connectivity index is 2.76. The standard InChI is InChI=1S/C7H11N3O/c1-3-11-6(8)7-9-4-5-10(7)2/h4-5,8H,3H2,1-2H3. The van der Waals surface area contributed by atoms with Gasteiger partial charge in [0.1, 0.15) is 0 Å². The lowest BCUT2D eigenvalue weighted by molar-refractivity contribution is 0.322. The summed E-state index contributed by atoms with van der Waals surface area (Å²) in [6.45, 7) is 2.35. The van der Waals surface area contributed by atoms with Crippen LogP contribution >= 0.6 is 0 Å². The fourth-order valence-corrected chi connectivity index (χ4v) is 0.793. The molecule has 4 heteroatoms. The molecule has 0 saturated carbocycles. The van der Waals surface area contributed by atoms with Crippen LogP contribution in [0.3, 0.4) is 0 Å². The van der Waals surface area contributed by atoms with E-state index in [9.17, 15) is 0 Å². The molecule has 0 saturated heterocycles. The van der Waals surface area contributed by atoms with E-state index in [-0.39, 0.29) is 5.90 Å². The molecule has 1 heterocycles. The summed E-state index contributed by atoms with van der Waals surface area (Å²) in [4.78, 5) is 3.95. The molecular formula is C7H11N3O. The largest absolute Gasteiger partial charge is 0.476 e. The van der Waals surface area contributed by atoms with E-state index in [1.54, 1.807) is 17.0 Å². The summed E-state index contributed by atoms with van der Waals surface area (Å²) < 4.78 is 6.72. The SMILES string of the molecule is CCOC(=N)c1nccn1C. The van der Waals surface area contributed by atoms with Crippen LogP contribution in [0.4, 0.5) is 0 Å². The van der Waals surface area contributed by atoms with E-state index in [0.717, 1.165) is 0 Å². The van der Waals surface area contributed by atoms with Crippen LogP contribution in [-0.2, 0) is 11.8 Å². The molecule has 0 atom stereocenters. The molecule has 1 aromatic heterocycles. The van der Waals surface area contributed by atoms with Gasteiger partial charge in [0.05, 0.1) is 6.61 Å². The number of imidazole rings is 1. The molecule has 0 spiro atoms. The van der Waals surface area contributed by atoms with Gasteiger partial charge in [0.25, 0.3) is 0 Å². The summed E-state index contributed by atoms with van der Waals surface area (Å²) in [6.07, 6.45) is 3.42. The number of ether oxygens (including phenoxy) is 1. The summed E-state index contributed by atoms with van der Waals surface area (Å²) >= 11 is 0. The maximum absolute atomic E-state index is 7.38. The average Bonchev–Trinajstić information content (AvgIpc) is 2.36. The van der Waals surface area contributed by atoms with Crippen molar-refractivity contribution in [1.82, 2.24) is 9.55 Å². The molecule has 0 bridgehead atoms. The Morgan fingerprint density at radius 2 is 2.55 bits per heavy atom. The highest BCUT2D eigenvalue weighted by Gasteiger charge is 2.05. The van der Waals surface area contributed by atoms with Crippen molar-refractivity contribution >= 4 is 5.90 Å². The number of hydrogen-bond donors (Lipinski definition) is 1. The van der Waals surface area contributed by atoms with E-state index in [1.165, 1.54) is 0 Å². The fourth-order valence-electron chi connectivity index (χ4n) is 0.793. The maximum Gasteiger partial charge on any atom is 0.250 e. The summed E-state index contributed by atoms with van der Waals surface area (Å²) in [6, 6.07) is 0. The van der Waals surface area contributed by atoms with Gasteiger partial charge in [-0.05, 0) is 6.92 Å². The van der Waals surface area contributed by atoms with E-state index < -0.39 is 0 Å². The number of aromatic nitrogens is 2. The molecule has 4 nitrogen and oxygen atoms in total. The topological polar surface area (TPSA) is 50.9 Å². The van der Waals surface area contributed by atoms with Gasteiger partial charge >= 0.3 is 0 Å². The van der Waals surface area contributed by atoms with E-state index in [1.807, 2.05) is 14.0 Å². The van der Waals surface area contributed by atoms with Crippen molar-refractivity contribution in [2.45, 2.75) is 6.92 Å². The predicted molar refractivity (Wildman–Crippen MR) is 41.7 cm³/mol. The Morgan fingerprint density at radius 3 is 3.00 bits per heavy atom. The highest BCUT2D eigenvalue weighted by molar-refractivity contribution is 5.87. The van der Waals surface area contributed by atoms with Crippen molar-refractivity contribution in [2.24, 2.45) is 7.05 Å². The van der Waals surface area contributed by atoms with E-state index >= 15 is 0 Å². The smallest absolute Gasteiger partial charge is 0.250 e. The molecule has 1 aromatic rings. The lowest BCUT2D eigenvalue weighted by Gasteiger charge is -2.03. The average molecular weight is 153 g/mol. The molecule has 60 valence electrons. The first kappa shape index (κ1) is 7.78. The normalized spacial score (nSPS) is 9.64. The Labute approximate surface area is 65.3 Å². The van der Waals surface area contributed by atoms with Crippen molar-refractivity contribution in [3.63, 3.8) is 0 Å². The van der Waals surface area contributed by atoms with Gasteiger partial charge in [0.15, 0.2) is 5.82 Å². The molecule has 1 N–H and O–H groups in total. The third-order valence-electron chi connectivity index (χ3n) is 1.31. The second-order valence-electron chi connectivity index (χ2n) is 2.12. The molecule has 0 aliphatic carbocycles. The summed E-state index contributed by atoms with van der Waals surface area (Å²) in [5, 5.41) is 7.38. The lowest BCUT2D eigenvalue weighted by Crippen LogP contribution is -2.10. The van der Waals surface area contributed by atoms with Gasteiger partial charge in [0, 0.05) is 19.4 Å². The molecular weight excluding hydrogens is 142 g/mol. The monoisotopic (exact) mass is 153 g/mol. The Morgan fingerprint density at radius 1 is 1.82 bits per heavy atom. The Kier molecular flexibility index (Phi) is 2.25. The molecule has 0 fully saturated rings. The van der Waals surface area contributed by atoms with Crippen LogP contribution in [0, 0.1) is 5.41 Å². The van der Waals surface area contributed by atoms with Crippen LogP contribution in [0.1, 0.15) is 12.7 Å². The first-order chi connectivity index (χ1) is 5.25. The quantitative estimate of drug-likeness (QED) is 0.504. The summed E-state index contributed by atoms with van der Waals surface area (Å²) in [5.74, 6) is 0.687. The first-order valence-corrected chi connectivity index (χ1v) is 3.44. The number of rotatable bonds is 2. The minimum atomic E-state index is 0.125. The third kappa shape index (κ3) is 1.58. The zero-order valence-corrected chi connectivity index (χ0v) is 6.66. The van der Waals surface area contributed by atoms with Gasteiger partial charge in [-0.1, -0.05) is 0 Å². The van der Waals surface area contributed by atoms with Crippen molar-refractivity contribution < 1.29 is 4.74 Å². The van der Waals surface area contributed by atoms with Crippen LogP contribution < -0.4 is 0 Å². The van der Waals surface area contributed by atoms with Crippen LogP contribution in [-0.4, -0.2) is 22.1 Å². The van der Waals surface area contributed by atoms with Gasteiger partial charge in [-0.25, -0.2) is 4.98 Å². The van der Waals surface area contributed by atoms with Crippen molar-refractivity contribution in [3.05, 3.63) is 18.2 Å². The first-order valence-electron chi connectivity index (χ1n) is 3.44. The highest BCUT2D eigenvalue weighted by Crippen LogP contribution is 1.96.